The van der Waals surface area contributed by atoms with Crippen molar-refractivity contribution < 1.29 is 9.21 Å². The fraction of sp³-hybridized carbons (Fsp3) is 0.444. The summed E-state index contributed by atoms with van der Waals surface area (Å²) in [7, 11) is 0. The van der Waals surface area contributed by atoms with Crippen molar-refractivity contribution in [1.29, 1.82) is 0 Å². The second-order valence-electron chi connectivity index (χ2n) is 7.47. The molecule has 0 aromatic carbocycles. The molecule has 0 bridgehead atoms. The Balaban J connectivity index is 1.63. The highest BCUT2D eigenvalue weighted by Gasteiger charge is 2.30. The van der Waals surface area contributed by atoms with Crippen LogP contribution in [0.25, 0.3) is 5.65 Å². The van der Waals surface area contributed by atoms with Crippen LogP contribution in [0.5, 0.6) is 0 Å². The second-order valence-corrected chi connectivity index (χ2v) is 7.47. The molecular weight excluding hydrogens is 318 g/mol. The van der Waals surface area contributed by atoms with E-state index in [2.05, 4.69) is 35.8 Å². The molecular formula is C18H21N5O2. The summed E-state index contributed by atoms with van der Waals surface area (Å²) in [5, 5.41) is 4.23. The van der Waals surface area contributed by atoms with Crippen LogP contribution in [0, 0.1) is 6.92 Å². The molecule has 1 amide bonds. The second kappa shape index (κ2) is 5.40. The normalized spacial score (nSPS) is 14.8. The average molecular weight is 339 g/mol. The van der Waals surface area contributed by atoms with E-state index in [9.17, 15) is 4.79 Å². The van der Waals surface area contributed by atoms with Gasteiger partial charge in [0, 0.05) is 30.6 Å². The number of amides is 1. The summed E-state index contributed by atoms with van der Waals surface area (Å²) in [5.74, 6) is 1.57. The Bertz CT molecular complexity index is 964. The number of oxazole rings is 1. The fourth-order valence-electron chi connectivity index (χ4n) is 3.06. The summed E-state index contributed by atoms with van der Waals surface area (Å²) in [5.41, 5.74) is 2.81. The number of nitrogens with zero attached hydrogens (tertiary/aromatic N) is 5. The predicted octanol–water partition coefficient (Wildman–Crippen LogP) is 2.52. The summed E-state index contributed by atoms with van der Waals surface area (Å²) in [4.78, 5) is 23.7. The van der Waals surface area contributed by atoms with Crippen molar-refractivity contribution in [2.75, 3.05) is 6.54 Å². The number of fused-ring (bicyclic) bond motifs is 2. The van der Waals surface area contributed by atoms with E-state index >= 15 is 0 Å². The van der Waals surface area contributed by atoms with Crippen LogP contribution in [0.2, 0.25) is 0 Å². The third kappa shape index (κ3) is 2.59. The molecule has 0 fully saturated rings. The minimum Gasteiger partial charge on any atom is -0.445 e. The first kappa shape index (κ1) is 15.8. The lowest BCUT2D eigenvalue weighted by atomic mass is 9.97. The number of carbonyl (C=O) groups is 1. The Morgan fingerprint density at radius 3 is 2.88 bits per heavy atom. The van der Waals surface area contributed by atoms with E-state index in [0.717, 1.165) is 28.7 Å². The van der Waals surface area contributed by atoms with E-state index in [0.29, 0.717) is 25.1 Å². The van der Waals surface area contributed by atoms with Crippen LogP contribution in [-0.4, -0.2) is 36.9 Å². The Morgan fingerprint density at radius 1 is 1.32 bits per heavy atom. The van der Waals surface area contributed by atoms with Gasteiger partial charge in [0.2, 0.25) is 0 Å². The van der Waals surface area contributed by atoms with E-state index in [1.165, 1.54) is 0 Å². The number of aromatic nitrogens is 4. The van der Waals surface area contributed by atoms with Gasteiger partial charge in [-0.05, 0) is 6.92 Å². The quantitative estimate of drug-likeness (QED) is 0.681. The highest BCUT2D eigenvalue weighted by molar-refractivity contribution is 5.95. The minimum atomic E-state index is -0.141. The average Bonchev–Trinajstić information content (AvgIpc) is 3.20. The van der Waals surface area contributed by atoms with Crippen molar-refractivity contribution in [3.63, 3.8) is 0 Å². The van der Waals surface area contributed by atoms with Gasteiger partial charge in [-0.25, -0.2) is 14.5 Å². The molecule has 0 saturated carbocycles. The van der Waals surface area contributed by atoms with Crippen molar-refractivity contribution in [3.8, 4) is 0 Å². The van der Waals surface area contributed by atoms with Gasteiger partial charge < -0.3 is 9.32 Å². The summed E-state index contributed by atoms with van der Waals surface area (Å²) >= 11 is 0. The van der Waals surface area contributed by atoms with Crippen molar-refractivity contribution in [1.82, 2.24) is 24.5 Å². The van der Waals surface area contributed by atoms with Gasteiger partial charge in [0.05, 0.1) is 24.0 Å². The molecule has 4 rings (SSSR count). The molecule has 130 valence electrons. The Kier molecular flexibility index (Phi) is 3.42. The lowest BCUT2D eigenvalue weighted by Gasteiger charge is -2.25. The van der Waals surface area contributed by atoms with Gasteiger partial charge >= 0.3 is 0 Å². The SMILES string of the molecule is Cc1c(C(=O)N2CCc3oc(C(C)(C)C)nc3C2)cnc2ccnn12. The molecule has 1 aliphatic heterocycles. The third-order valence-electron chi connectivity index (χ3n) is 4.54. The highest BCUT2D eigenvalue weighted by atomic mass is 16.4. The number of hydrogen-bond donors (Lipinski definition) is 0. The molecule has 0 radical (unpaired) electrons. The van der Waals surface area contributed by atoms with Gasteiger partial charge in [0.25, 0.3) is 5.91 Å². The minimum absolute atomic E-state index is 0.0478. The predicted molar refractivity (Wildman–Crippen MR) is 91.4 cm³/mol. The highest BCUT2D eigenvalue weighted by Crippen LogP contribution is 2.28. The third-order valence-corrected chi connectivity index (χ3v) is 4.54. The van der Waals surface area contributed by atoms with E-state index in [4.69, 9.17) is 4.42 Å². The Morgan fingerprint density at radius 2 is 2.12 bits per heavy atom. The van der Waals surface area contributed by atoms with Crippen LogP contribution in [0.4, 0.5) is 0 Å². The fourth-order valence-corrected chi connectivity index (χ4v) is 3.06. The molecule has 0 N–H and O–H groups in total. The van der Waals surface area contributed by atoms with Gasteiger partial charge in [-0.2, -0.15) is 5.10 Å². The van der Waals surface area contributed by atoms with Crippen molar-refractivity contribution in [2.45, 2.75) is 46.1 Å². The number of carbonyl (C=O) groups excluding carboxylic acids is 1. The summed E-state index contributed by atoms with van der Waals surface area (Å²) in [6, 6.07) is 1.82. The van der Waals surface area contributed by atoms with Crippen LogP contribution in [0.3, 0.4) is 0 Å². The van der Waals surface area contributed by atoms with E-state index in [1.54, 1.807) is 21.8 Å². The topological polar surface area (TPSA) is 76.5 Å². The van der Waals surface area contributed by atoms with Gasteiger partial charge in [-0.1, -0.05) is 20.8 Å². The molecule has 3 aromatic heterocycles. The molecule has 0 saturated heterocycles. The zero-order valence-corrected chi connectivity index (χ0v) is 14.9. The smallest absolute Gasteiger partial charge is 0.257 e. The molecule has 25 heavy (non-hydrogen) atoms. The van der Waals surface area contributed by atoms with Crippen LogP contribution in [0.1, 0.15) is 54.2 Å². The maximum Gasteiger partial charge on any atom is 0.257 e. The molecule has 7 heteroatoms. The molecule has 7 nitrogen and oxygen atoms in total. The molecule has 4 heterocycles. The molecule has 0 atom stereocenters. The Labute approximate surface area is 145 Å². The van der Waals surface area contributed by atoms with Gasteiger partial charge in [0.15, 0.2) is 11.5 Å². The van der Waals surface area contributed by atoms with E-state index in [1.807, 2.05) is 13.0 Å². The van der Waals surface area contributed by atoms with E-state index in [-0.39, 0.29) is 11.3 Å². The molecule has 0 spiro atoms. The van der Waals surface area contributed by atoms with Gasteiger partial charge in [-0.3, -0.25) is 4.79 Å². The van der Waals surface area contributed by atoms with Gasteiger partial charge in [-0.15, -0.1) is 0 Å². The molecule has 1 aliphatic rings. The monoisotopic (exact) mass is 339 g/mol. The lowest BCUT2D eigenvalue weighted by molar-refractivity contribution is 0.0725. The largest absolute Gasteiger partial charge is 0.445 e. The number of hydrogen-bond acceptors (Lipinski definition) is 5. The molecule has 0 aliphatic carbocycles. The first-order valence-corrected chi connectivity index (χ1v) is 8.42. The number of aryl methyl sites for hydroxylation is 1. The maximum absolute atomic E-state index is 13.0. The summed E-state index contributed by atoms with van der Waals surface area (Å²) < 4.78 is 7.59. The van der Waals surface area contributed by atoms with Crippen LogP contribution >= 0.6 is 0 Å². The van der Waals surface area contributed by atoms with Crippen LogP contribution < -0.4 is 0 Å². The van der Waals surface area contributed by atoms with E-state index < -0.39 is 0 Å². The zero-order valence-electron chi connectivity index (χ0n) is 14.9. The zero-order chi connectivity index (χ0) is 17.8. The van der Waals surface area contributed by atoms with Crippen molar-refractivity contribution in [2.24, 2.45) is 0 Å². The van der Waals surface area contributed by atoms with Crippen LogP contribution in [-0.2, 0) is 18.4 Å². The standard InChI is InChI=1S/C18H21N5O2/c1-11-12(9-19-15-5-7-20-23(11)15)16(24)22-8-6-14-13(10-22)21-17(25-14)18(2,3)4/h5,7,9H,6,8,10H2,1-4H3. The molecule has 3 aromatic rings. The summed E-state index contributed by atoms with van der Waals surface area (Å²) in [6.45, 7) is 9.17. The van der Waals surface area contributed by atoms with Gasteiger partial charge in [0.1, 0.15) is 11.5 Å². The first-order valence-electron chi connectivity index (χ1n) is 8.42. The lowest BCUT2D eigenvalue weighted by Crippen LogP contribution is -2.36. The summed E-state index contributed by atoms with van der Waals surface area (Å²) in [6.07, 6.45) is 3.99. The first-order chi connectivity index (χ1) is 11.8. The Hall–Kier alpha value is -2.70. The maximum atomic E-state index is 13.0. The van der Waals surface area contributed by atoms with Crippen LogP contribution in [0.15, 0.2) is 22.9 Å². The van der Waals surface area contributed by atoms with Crippen molar-refractivity contribution in [3.05, 3.63) is 47.1 Å². The van der Waals surface area contributed by atoms with Crippen molar-refractivity contribution >= 4 is 11.6 Å². The molecule has 0 unspecified atom stereocenters. The number of rotatable bonds is 1.